The Bertz CT molecular complexity index is 66.7. The molecule has 1 heteroatoms. The van der Waals surface area contributed by atoms with Crippen molar-refractivity contribution >= 4 is 0 Å². The van der Waals surface area contributed by atoms with Crippen LogP contribution in [0.2, 0.25) is 0 Å². The van der Waals surface area contributed by atoms with Gasteiger partial charge in [0.1, 0.15) is 5.67 Å². The van der Waals surface area contributed by atoms with Gasteiger partial charge in [-0.3, -0.25) is 0 Å². The van der Waals surface area contributed by atoms with E-state index in [1.807, 2.05) is 0 Å². The topological polar surface area (TPSA) is 0 Å². The Labute approximate surface area is 44.0 Å². The van der Waals surface area contributed by atoms with Gasteiger partial charge >= 0.3 is 0 Å². The fourth-order valence-electron chi connectivity index (χ4n) is 0.396. The zero-order valence-electron chi connectivity index (χ0n) is 5.03. The highest BCUT2D eigenvalue weighted by Crippen LogP contribution is 2.08. The van der Waals surface area contributed by atoms with E-state index < -0.39 is 5.67 Å². The second-order valence-corrected chi connectivity index (χ2v) is 2.06. The van der Waals surface area contributed by atoms with Crippen LogP contribution in [-0.4, -0.2) is 5.67 Å². The fourth-order valence-corrected chi connectivity index (χ4v) is 0.396. The summed E-state index contributed by atoms with van der Waals surface area (Å²) in [5.74, 6) is 0. The van der Waals surface area contributed by atoms with E-state index in [1.54, 1.807) is 13.0 Å². The summed E-state index contributed by atoms with van der Waals surface area (Å²) in [6, 6.07) is 0. The molecule has 0 saturated carbocycles. The summed E-state index contributed by atoms with van der Waals surface area (Å²) < 4.78 is 12.3. The van der Waals surface area contributed by atoms with Crippen molar-refractivity contribution in [1.82, 2.24) is 0 Å². The molecular formula is C6H11F. The van der Waals surface area contributed by atoms with Gasteiger partial charge in [0, 0.05) is 0 Å². The largest absolute Gasteiger partial charge is 0.240 e. The first kappa shape index (κ1) is 6.67. The zero-order valence-corrected chi connectivity index (χ0v) is 5.03. The molecular weight excluding hydrogens is 91.1 g/mol. The standard InChI is InChI=1S/C6H11F/c1-4-5-6(2,3)7/h4-5H,1-3H3/b5-4+. The van der Waals surface area contributed by atoms with Crippen molar-refractivity contribution in [3.8, 4) is 0 Å². The molecule has 0 bridgehead atoms. The van der Waals surface area contributed by atoms with Crippen LogP contribution in [0.15, 0.2) is 12.2 Å². The monoisotopic (exact) mass is 102 g/mol. The normalized spacial score (nSPS) is 13.1. The molecule has 0 aromatic rings. The molecule has 0 atom stereocenters. The van der Waals surface area contributed by atoms with E-state index in [4.69, 9.17) is 0 Å². The average molecular weight is 102 g/mol. The van der Waals surface area contributed by atoms with Crippen molar-refractivity contribution in [2.75, 3.05) is 0 Å². The minimum atomic E-state index is -1.13. The summed E-state index contributed by atoms with van der Waals surface area (Å²) in [5.41, 5.74) is -1.13. The smallest absolute Gasteiger partial charge is 0.123 e. The van der Waals surface area contributed by atoms with Crippen molar-refractivity contribution in [2.45, 2.75) is 26.4 Å². The number of hydrogen-bond donors (Lipinski definition) is 0. The van der Waals surface area contributed by atoms with Crippen molar-refractivity contribution < 1.29 is 4.39 Å². The van der Waals surface area contributed by atoms with Gasteiger partial charge in [-0.2, -0.15) is 0 Å². The van der Waals surface area contributed by atoms with E-state index in [0.717, 1.165) is 0 Å². The van der Waals surface area contributed by atoms with Gasteiger partial charge in [0.05, 0.1) is 0 Å². The highest BCUT2D eigenvalue weighted by molar-refractivity contribution is 4.92. The lowest BCUT2D eigenvalue weighted by molar-refractivity contribution is 0.287. The van der Waals surface area contributed by atoms with Crippen molar-refractivity contribution in [3.05, 3.63) is 12.2 Å². The van der Waals surface area contributed by atoms with Gasteiger partial charge in [-0.1, -0.05) is 12.2 Å². The second-order valence-electron chi connectivity index (χ2n) is 2.06. The third-order valence-corrected chi connectivity index (χ3v) is 0.563. The molecule has 0 amide bonds. The fraction of sp³-hybridized carbons (Fsp3) is 0.667. The molecule has 0 aromatic heterocycles. The Balaban J connectivity index is 3.56. The Morgan fingerprint density at radius 1 is 1.43 bits per heavy atom. The Morgan fingerprint density at radius 2 is 1.86 bits per heavy atom. The van der Waals surface area contributed by atoms with Gasteiger partial charge in [-0.05, 0) is 20.8 Å². The van der Waals surface area contributed by atoms with Crippen molar-refractivity contribution in [3.63, 3.8) is 0 Å². The van der Waals surface area contributed by atoms with Crippen LogP contribution in [0.4, 0.5) is 4.39 Å². The van der Waals surface area contributed by atoms with Gasteiger partial charge in [0.15, 0.2) is 0 Å². The van der Waals surface area contributed by atoms with Crippen molar-refractivity contribution in [2.24, 2.45) is 0 Å². The number of rotatable bonds is 1. The minimum Gasteiger partial charge on any atom is -0.240 e. The molecule has 0 fully saturated rings. The van der Waals surface area contributed by atoms with Crippen LogP contribution < -0.4 is 0 Å². The first-order valence-electron chi connectivity index (χ1n) is 2.39. The van der Waals surface area contributed by atoms with Crippen LogP contribution in [0.1, 0.15) is 20.8 Å². The first-order chi connectivity index (χ1) is 3.06. The SMILES string of the molecule is C/C=C/C(C)(C)F. The number of halogens is 1. The third-order valence-electron chi connectivity index (χ3n) is 0.563. The molecule has 0 radical (unpaired) electrons. The Kier molecular flexibility index (Phi) is 2.00. The molecule has 7 heavy (non-hydrogen) atoms. The molecule has 0 unspecified atom stereocenters. The van der Waals surface area contributed by atoms with E-state index in [-0.39, 0.29) is 0 Å². The summed E-state index contributed by atoms with van der Waals surface area (Å²) >= 11 is 0. The predicted octanol–water partition coefficient (Wildman–Crippen LogP) is 2.31. The molecule has 0 saturated heterocycles. The Morgan fingerprint density at radius 3 is 1.86 bits per heavy atom. The molecule has 0 aliphatic rings. The molecule has 0 aromatic carbocycles. The van der Waals surface area contributed by atoms with E-state index in [1.165, 1.54) is 19.9 Å². The maximum atomic E-state index is 12.3. The van der Waals surface area contributed by atoms with E-state index in [0.29, 0.717) is 0 Å². The quantitative estimate of drug-likeness (QED) is 0.446. The van der Waals surface area contributed by atoms with Crippen LogP contribution >= 0.6 is 0 Å². The van der Waals surface area contributed by atoms with Gasteiger partial charge in [0.2, 0.25) is 0 Å². The van der Waals surface area contributed by atoms with Gasteiger partial charge in [-0.15, -0.1) is 0 Å². The molecule has 0 aliphatic carbocycles. The highest BCUT2D eigenvalue weighted by Gasteiger charge is 2.07. The molecule has 0 rings (SSSR count). The molecule has 42 valence electrons. The van der Waals surface area contributed by atoms with Crippen LogP contribution in [0.25, 0.3) is 0 Å². The number of alkyl halides is 1. The summed E-state index contributed by atoms with van der Waals surface area (Å²) in [5, 5.41) is 0. The Hall–Kier alpha value is -0.330. The predicted molar refractivity (Wildman–Crippen MR) is 30.0 cm³/mol. The lowest BCUT2D eigenvalue weighted by Crippen LogP contribution is -2.04. The number of allylic oxidation sites excluding steroid dienone is 2. The van der Waals surface area contributed by atoms with Gasteiger partial charge in [-0.25, -0.2) is 4.39 Å². The third kappa shape index (κ3) is 5.67. The van der Waals surface area contributed by atoms with Crippen molar-refractivity contribution in [1.29, 1.82) is 0 Å². The van der Waals surface area contributed by atoms with E-state index in [9.17, 15) is 4.39 Å². The molecule has 0 N–H and O–H groups in total. The second kappa shape index (κ2) is 2.10. The van der Waals surface area contributed by atoms with E-state index >= 15 is 0 Å². The maximum absolute atomic E-state index is 12.3. The summed E-state index contributed by atoms with van der Waals surface area (Å²) in [6.45, 7) is 4.85. The average Bonchev–Trinajstić information content (AvgIpc) is 1.30. The molecule has 0 nitrogen and oxygen atoms in total. The van der Waals surface area contributed by atoms with Crippen LogP contribution in [0.3, 0.4) is 0 Å². The summed E-state index contributed by atoms with van der Waals surface area (Å²) in [7, 11) is 0. The first-order valence-corrected chi connectivity index (χ1v) is 2.39. The molecule has 0 heterocycles. The lowest BCUT2D eigenvalue weighted by atomic mass is 10.2. The minimum absolute atomic E-state index is 1.13. The lowest BCUT2D eigenvalue weighted by Gasteiger charge is -2.04. The summed E-state index contributed by atoms with van der Waals surface area (Å²) in [4.78, 5) is 0. The van der Waals surface area contributed by atoms with Crippen LogP contribution in [0, 0.1) is 0 Å². The van der Waals surface area contributed by atoms with Gasteiger partial charge in [0.25, 0.3) is 0 Å². The zero-order chi connectivity index (χ0) is 5.91. The maximum Gasteiger partial charge on any atom is 0.123 e. The van der Waals surface area contributed by atoms with Gasteiger partial charge < -0.3 is 0 Å². The molecule has 0 spiro atoms. The summed E-state index contributed by atoms with van der Waals surface area (Å²) in [6.07, 6.45) is 3.23. The van der Waals surface area contributed by atoms with Crippen LogP contribution in [0.5, 0.6) is 0 Å². The number of hydrogen-bond acceptors (Lipinski definition) is 0. The van der Waals surface area contributed by atoms with E-state index in [2.05, 4.69) is 0 Å². The van der Waals surface area contributed by atoms with Crippen LogP contribution in [-0.2, 0) is 0 Å². The highest BCUT2D eigenvalue weighted by atomic mass is 19.1. The molecule has 0 aliphatic heterocycles.